The quantitative estimate of drug-likeness (QED) is 0.746. The molecule has 2 fully saturated rings. The second kappa shape index (κ2) is 8.00. The standard InChI is InChI=1S/C25H28N2O4/c1-18-4-6-19(7-5-18)20-8-9-22-21(13-20)24(29)27(11-12-31-22)15-25(16-30-17-25)14-26-10-2-3-23(26)28/h4-9,13H,2-3,10-12,14-17H2,1H3. The molecule has 0 spiro atoms. The molecule has 3 heterocycles. The van der Waals surface area contributed by atoms with Gasteiger partial charge in [0.2, 0.25) is 5.91 Å². The Labute approximate surface area is 182 Å². The van der Waals surface area contributed by atoms with Gasteiger partial charge in [0.15, 0.2) is 0 Å². The fourth-order valence-electron chi connectivity index (χ4n) is 4.74. The summed E-state index contributed by atoms with van der Waals surface area (Å²) in [6, 6.07) is 14.1. The van der Waals surface area contributed by atoms with Crippen molar-refractivity contribution in [3.05, 3.63) is 53.6 Å². The third-order valence-corrected chi connectivity index (χ3v) is 6.54. The number of aryl methyl sites for hydroxylation is 1. The molecule has 0 saturated carbocycles. The maximum atomic E-state index is 13.5. The van der Waals surface area contributed by atoms with Crippen LogP contribution >= 0.6 is 0 Å². The molecule has 5 rings (SSSR count). The van der Waals surface area contributed by atoms with Gasteiger partial charge in [0, 0.05) is 26.1 Å². The van der Waals surface area contributed by atoms with Gasteiger partial charge in [0.05, 0.1) is 30.7 Å². The van der Waals surface area contributed by atoms with E-state index in [1.54, 1.807) is 0 Å². The Kier molecular flexibility index (Phi) is 5.18. The van der Waals surface area contributed by atoms with Crippen LogP contribution in [-0.2, 0) is 9.53 Å². The molecule has 0 bridgehead atoms. The number of ether oxygens (including phenoxy) is 2. The molecule has 0 radical (unpaired) electrons. The summed E-state index contributed by atoms with van der Waals surface area (Å²) in [5.74, 6) is 0.836. The molecular formula is C25H28N2O4. The molecular weight excluding hydrogens is 392 g/mol. The summed E-state index contributed by atoms with van der Waals surface area (Å²) < 4.78 is 11.5. The van der Waals surface area contributed by atoms with E-state index >= 15 is 0 Å². The normalized spacial score (nSPS) is 20.2. The number of rotatable bonds is 5. The molecule has 162 valence electrons. The van der Waals surface area contributed by atoms with Crippen molar-refractivity contribution in [3.63, 3.8) is 0 Å². The van der Waals surface area contributed by atoms with Gasteiger partial charge in [0.1, 0.15) is 12.4 Å². The molecule has 31 heavy (non-hydrogen) atoms. The topological polar surface area (TPSA) is 59.1 Å². The van der Waals surface area contributed by atoms with E-state index in [-0.39, 0.29) is 17.2 Å². The number of carbonyl (C=O) groups excluding carboxylic acids is 2. The van der Waals surface area contributed by atoms with Crippen molar-refractivity contribution in [2.75, 3.05) is 46.0 Å². The van der Waals surface area contributed by atoms with Crippen LogP contribution in [0, 0.1) is 12.3 Å². The van der Waals surface area contributed by atoms with E-state index in [9.17, 15) is 9.59 Å². The first kappa shape index (κ1) is 20.1. The molecule has 0 aliphatic carbocycles. The zero-order chi connectivity index (χ0) is 21.4. The number of fused-ring (bicyclic) bond motifs is 1. The Balaban J connectivity index is 1.38. The van der Waals surface area contributed by atoms with E-state index in [0.717, 1.165) is 24.1 Å². The molecule has 2 aromatic carbocycles. The first-order valence-electron chi connectivity index (χ1n) is 11.0. The molecule has 3 aliphatic heterocycles. The summed E-state index contributed by atoms with van der Waals surface area (Å²) in [4.78, 5) is 29.5. The molecule has 0 unspecified atom stereocenters. The summed E-state index contributed by atoms with van der Waals surface area (Å²) in [6.45, 7) is 6.26. The van der Waals surface area contributed by atoms with Crippen molar-refractivity contribution in [3.8, 4) is 16.9 Å². The van der Waals surface area contributed by atoms with Crippen LogP contribution in [0.5, 0.6) is 5.75 Å². The van der Waals surface area contributed by atoms with Crippen molar-refractivity contribution >= 4 is 11.8 Å². The third kappa shape index (κ3) is 3.92. The van der Waals surface area contributed by atoms with E-state index in [2.05, 4.69) is 31.2 Å². The average molecular weight is 421 g/mol. The number of amides is 2. The molecule has 3 aliphatic rings. The predicted octanol–water partition coefficient (Wildman–Crippen LogP) is 3.14. The predicted molar refractivity (Wildman–Crippen MR) is 117 cm³/mol. The molecule has 2 saturated heterocycles. The van der Waals surface area contributed by atoms with E-state index in [1.807, 2.05) is 28.0 Å². The second-order valence-electron chi connectivity index (χ2n) is 9.06. The molecule has 2 amide bonds. The van der Waals surface area contributed by atoms with Crippen molar-refractivity contribution in [1.82, 2.24) is 9.80 Å². The number of benzene rings is 2. The van der Waals surface area contributed by atoms with Gasteiger partial charge in [-0.2, -0.15) is 0 Å². The molecule has 0 atom stereocenters. The summed E-state index contributed by atoms with van der Waals surface area (Å²) in [5.41, 5.74) is 3.70. The van der Waals surface area contributed by atoms with Gasteiger partial charge in [-0.1, -0.05) is 35.9 Å². The largest absolute Gasteiger partial charge is 0.491 e. The molecule has 6 nitrogen and oxygen atoms in total. The summed E-state index contributed by atoms with van der Waals surface area (Å²) in [5, 5.41) is 0. The van der Waals surface area contributed by atoms with Gasteiger partial charge < -0.3 is 19.3 Å². The smallest absolute Gasteiger partial charge is 0.257 e. The number of carbonyl (C=O) groups is 2. The van der Waals surface area contributed by atoms with E-state index in [0.29, 0.717) is 57.2 Å². The maximum absolute atomic E-state index is 13.5. The van der Waals surface area contributed by atoms with Gasteiger partial charge in [-0.05, 0) is 36.6 Å². The molecule has 0 aromatic heterocycles. The maximum Gasteiger partial charge on any atom is 0.257 e. The first-order valence-corrected chi connectivity index (χ1v) is 11.0. The Morgan fingerprint density at radius 2 is 1.68 bits per heavy atom. The SMILES string of the molecule is Cc1ccc(-c2ccc3c(c2)C(=O)N(CC2(CN4CCCC4=O)COC2)CCO3)cc1. The number of hydrogen-bond acceptors (Lipinski definition) is 4. The van der Waals surface area contributed by atoms with Crippen LogP contribution in [0.3, 0.4) is 0 Å². The third-order valence-electron chi connectivity index (χ3n) is 6.54. The lowest BCUT2D eigenvalue weighted by molar-refractivity contribution is -0.147. The van der Waals surface area contributed by atoms with Crippen LogP contribution in [0.25, 0.3) is 11.1 Å². The lowest BCUT2D eigenvalue weighted by Gasteiger charge is -2.46. The zero-order valence-electron chi connectivity index (χ0n) is 17.9. The highest BCUT2D eigenvalue weighted by Crippen LogP contribution is 2.34. The van der Waals surface area contributed by atoms with Gasteiger partial charge in [-0.25, -0.2) is 0 Å². The highest BCUT2D eigenvalue weighted by Gasteiger charge is 2.44. The monoisotopic (exact) mass is 420 g/mol. The van der Waals surface area contributed by atoms with Crippen molar-refractivity contribution in [2.45, 2.75) is 19.8 Å². The Morgan fingerprint density at radius 3 is 2.35 bits per heavy atom. The fraction of sp³-hybridized carbons (Fsp3) is 0.440. The van der Waals surface area contributed by atoms with Crippen LogP contribution < -0.4 is 4.74 Å². The zero-order valence-corrected chi connectivity index (χ0v) is 17.9. The van der Waals surface area contributed by atoms with Crippen LogP contribution in [0.4, 0.5) is 0 Å². The summed E-state index contributed by atoms with van der Waals surface area (Å²) >= 11 is 0. The number of likely N-dealkylation sites (tertiary alicyclic amines) is 1. The Hall–Kier alpha value is -2.86. The Bertz CT molecular complexity index is 997. The highest BCUT2D eigenvalue weighted by molar-refractivity contribution is 5.98. The lowest BCUT2D eigenvalue weighted by Crippen LogP contribution is -2.58. The van der Waals surface area contributed by atoms with Gasteiger partial charge in [-0.15, -0.1) is 0 Å². The van der Waals surface area contributed by atoms with Crippen molar-refractivity contribution in [1.29, 1.82) is 0 Å². The van der Waals surface area contributed by atoms with Crippen LogP contribution in [-0.4, -0.2) is 67.6 Å². The van der Waals surface area contributed by atoms with Gasteiger partial charge >= 0.3 is 0 Å². The minimum absolute atomic E-state index is 0.0134. The minimum Gasteiger partial charge on any atom is -0.491 e. The molecule has 6 heteroatoms. The highest BCUT2D eigenvalue weighted by atomic mass is 16.5. The van der Waals surface area contributed by atoms with Gasteiger partial charge in [-0.3, -0.25) is 9.59 Å². The van der Waals surface area contributed by atoms with Crippen molar-refractivity contribution in [2.24, 2.45) is 5.41 Å². The molecule has 0 N–H and O–H groups in total. The Morgan fingerprint density at radius 1 is 0.935 bits per heavy atom. The van der Waals surface area contributed by atoms with Crippen LogP contribution in [0.2, 0.25) is 0 Å². The van der Waals surface area contributed by atoms with Gasteiger partial charge in [0.25, 0.3) is 5.91 Å². The lowest BCUT2D eigenvalue weighted by atomic mass is 9.84. The van der Waals surface area contributed by atoms with E-state index in [4.69, 9.17) is 9.47 Å². The van der Waals surface area contributed by atoms with Crippen LogP contribution in [0.15, 0.2) is 42.5 Å². The molecule has 2 aromatic rings. The van der Waals surface area contributed by atoms with Crippen molar-refractivity contribution < 1.29 is 19.1 Å². The van der Waals surface area contributed by atoms with E-state index in [1.165, 1.54) is 5.56 Å². The number of hydrogen-bond donors (Lipinski definition) is 0. The average Bonchev–Trinajstić information content (AvgIpc) is 3.08. The first-order chi connectivity index (χ1) is 15.0. The van der Waals surface area contributed by atoms with E-state index < -0.39 is 0 Å². The minimum atomic E-state index is -0.186. The second-order valence-corrected chi connectivity index (χ2v) is 9.06. The number of nitrogens with zero attached hydrogens (tertiary/aromatic N) is 2. The summed E-state index contributed by atoms with van der Waals surface area (Å²) in [7, 11) is 0. The summed E-state index contributed by atoms with van der Waals surface area (Å²) in [6.07, 6.45) is 1.55. The fourth-order valence-corrected chi connectivity index (χ4v) is 4.74. The van der Waals surface area contributed by atoms with Crippen LogP contribution in [0.1, 0.15) is 28.8 Å².